The van der Waals surface area contributed by atoms with Crippen LogP contribution in [0, 0.1) is 18.7 Å². The van der Waals surface area contributed by atoms with Gasteiger partial charge in [-0.2, -0.15) is 0 Å². The van der Waals surface area contributed by atoms with Crippen LogP contribution in [0.1, 0.15) is 35.8 Å². The maximum Gasteiger partial charge on any atom is 0.272 e. The fourth-order valence-electron chi connectivity index (χ4n) is 3.74. The number of aryl methyl sites for hydroxylation is 1. The predicted octanol–water partition coefficient (Wildman–Crippen LogP) is 5.31. The molecule has 2 heterocycles. The Morgan fingerprint density at radius 2 is 1.93 bits per heavy atom. The van der Waals surface area contributed by atoms with Gasteiger partial charge in [0.05, 0.1) is 18.3 Å². The summed E-state index contributed by atoms with van der Waals surface area (Å²) in [5.74, 6) is 0.971. The zero-order chi connectivity index (χ0) is 21.3. The molecule has 4 rings (SSSR count). The van der Waals surface area contributed by atoms with Crippen LogP contribution in [0.4, 0.5) is 15.8 Å². The van der Waals surface area contributed by atoms with Gasteiger partial charge in [0.2, 0.25) is 0 Å². The maximum atomic E-state index is 14.1. The summed E-state index contributed by atoms with van der Waals surface area (Å²) >= 11 is 0. The molecule has 156 valence electrons. The Kier molecular flexibility index (Phi) is 5.57. The van der Waals surface area contributed by atoms with Gasteiger partial charge in [0.25, 0.3) is 5.91 Å². The molecule has 1 fully saturated rings. The van der Waals surface area contributed by atoms with Gasteiger partial charge < -0.3 is 15.0 Å². The first-order chi connectivity index (χ1) is 14.4. The highest BCUT2D eigenvalue weighted by Crippen LogP contribution is 2.31. The summed E-state index contributed by atoms with van der Waals surface area (Å²) in [6.07, 6.45) is 2.01. The Morgan fingerprint density at radius 3 is 2.63 bits per heavy atom. The van der Waals surface area contributed by atoms with Crippen LogP contribution in [-0.4, -0.2) is 36.0 Å². The van der Waals surface area contributed by atoms with Crippen LogP contribution in [0.25, 0.3) is 10.9 Å². The molecular formula is C24H26FN3O2. The molecule has 1 aliphatic rings. The number of fused-ring (bicyclic) bond motifs is 1. The van der Waals surface area contributed by atoms with E-state index in [-0.39, 0.29) is 11.7 Å². The number of pyridine rings is 1. The maximum absolute atomic E-state index is 14.1. The van der Waals surface area contributed by atoms with E-state index in [2.05, 4.69) is 17.2 Å². The number of benzene rings is 2. The highest BCUT2D eigenvalue weighted by Gasteiger charge is 2.23. The number of anilines is 2. The summed E-state index contributed by atoms with van der Waals surface area (Å²) in [6.45, 7) is 5.43. The standard InChI is InChI=1S/C24H26FN3O2/c1-15-8-10-28(11-9-15)24(29)23-14-22(26-17-5-4-16(2)20(25)12-17)19-13-18(30-3)6-7-21(19)27-23/h4-7,12-15H,8-11H2,1-3H3,(H,26,27). The number of hydrogen-bond acceptors (Lipinski definition) is 4. The molecule has 0 aliphatic carbocycles. The van der Waals surface area contributed by atoms with Gasteiger partial charge in [-0.1, -0.05) is 13.0 Å². The molecular weight excluding hydrogens is 381 g/mol. The molecule has 0 bridgehead atoms. The molecule has 30 heavy (non-hydrogen) atoms. The summed E-state index contributed by atoms with van der Waals surface area (Å²) in [4.78, 5) is 19.6. The summed E-state index contributed by atoms with van der Waals surface area (Å²) in [7, 11) is 1.60. The van der Waals surface area contributed by atoms with Crippen molar-refractivity contribution in [2.24, 2.45) is 5.92 Å². The molecule has 3 aromatic rings. The molecule has 0 spiro atoms. The van der Waals surface area contributed by atoms with Crippen molar-refractivity contribution in [2.45, 2.75) is 26.7 Å². The quantitative estimate of drug-likeness (QED) is 0.637. The van der Waals surface area contributed by atoms with Crippen molar-refractivity contribution in [3.63, 3.8) is 0 Å². The third kappa shape index (κ3) is 4.08. The molecule has 1 amide bonds. The number of halogens is 1. The number of methoxy groups -OCH3 is 1. The fraction of sp³-hybridized carbons (Fsp3) is 0.333. The number of amides is 1. The average Bonchev–Trinajstić information content (AvgIpc) is 2.76. The number of nitrogens with zero attached hydrogens (tertiary/aromatic N) is 2. The van der Waals surface area contributed by atoms with Crippen molar-refractivity contribution < 1.29 is 13.9 Å². The van der Waals surface area contributed by atoms with E-state index in [0.29, 0.717) is 39.8 Å². The van der Waals surface area contributed by atoms with Gasteiger partial charge in [-0.05, 0) is 67.6 Å². The van der Waals surface area contributed by atoms with Crippen LogP contribution in [0.5, 0.6) is 5.75 Å². The minimum absolute atomic E-state index is 0.0715. The minimum atomic E-state index is -0.283. The number of nitrogens with one attached hydrogen (secondary N) is 1. The van der Waals surface area contributed by atoms with Gasteiger partial charge in [-0.3, -0.25) is 4.79 Å². The Hall–Kier alpha value is -3.15. The minimum Gasteiger partial charge on any atom is -0.497 e. The molecule has 2 aromatic carbocycles. The van der Waals surface area contributed by atoms with Crippen LogP contribution >= 0.6 is 0 Å². The Bertz CT molecular complexity index is 1090. The number of rotatable bonds is 4. The van der Waals surface area contributed by atoms with Gasteiger partial charge in [0.15, 0.2) is 0 Å². The van der Waals surface area contributed by atoms with E-state index >= 15 is 0 Å². The van der Waals surface area contributed by atoms with Gasteiger partial charge in [0, 0.05) is 24.2 Å². The van der Waals surface area contributed by atoms with Gasteiger partial charge in [0.1, 0.15) is 17.3 Å². The van der Waals surface area contributed by atoms with E-state index in [1.165, 1.54) is 6.07 Å². The molecule has 0 saturated carbocycles. The van der Waals surface area contributed by atoms with E-state index in [1.54, 1.807) is 26.2 Å². The Morgan fingerprint density at radius 1 is 1.17 bits per heavy atom. The van der Waals surface area contributed by atoms with Crippen molar-refractivity contribution in [1.82, 2.24) is 9.88 Å². The predicted molar refractivity (Wildman–Crippen MR) is 117 cm³/mol. The van der Waals surface area contributed by atoms with Crippen LogP contribution in [0.2, 0.25) is 0 Å². The van der Waals surface area contributed by atoms with Crippen LogP contribution in [-0.2, 0) is 0 Å². The first-order valence-electron chi connectivity index (χ1n) is 10.3. The van der Waals surface area contributed by atoms with Crippen molar-refractivity contribution in [3.05, 3.63) is 59.5 Å². The second-order valence-corrected chi connectivity index (χ2v) is 8.00. The first-order valence-corrected chi connectivity index (χ1v) is 10.3. The summed E-state index contributed by atoms with van der Waals surface area (Å²) in [5.41, 5.74) is 2.95. The Labute approximate surface area is 175 Å². The van der Waals surface area contributed by atoms with Gasteiger partial charge in [-0.25, -0.2) is 9.37 Å². The van der Waals surface area contributed by atoms with Crippen molar-refractivity contribution >= 4 is 28.2 Å². The third-order valence-corrected chi connectivity index (χ3v) is 5.76. The normalized spacial score (nSPS) is 14.7. The van der Waals surface area contributed by atoms with E-state index in [9.17, 15) is 9.18 Å². The zero-order valence-electron chi connectivity index (χ0n) is 17.5. The summed E-state index contributed by atoms with van der Waals surface area (Å²) < 4.78 is 19.4. The lowest BCUT2D eigenvalue weighted by Crippen LogP contribution is -2.38. The largest absolute Gasteiger partial charge is 0.497 e. The van der Waals surface area contributed by atoms with Gasteiger partial charge in [-0.15, -0.1) is 0 Å². The Balaban J connectivity index is 1.75. The number of carbonyl (C=O) groups is 1. The van der Waals surface area contributed by atoms with E-state index in [1.807, 2.05) is 29.2 Å². The highest BCUT2D eigenvalue weighted by atomic mass is 19.1. The molecule has 0 atom stereocenters. The lowest BCUT2D eigenvalue weighted by molar-refractivity contribution is 0.0691. The SMILES string of the molecule is COc1ccc2nc(C(=O)N3CCC(C)CC3)cc(Nc3ccc(C)c(F)c3)c2c1. The number of aromatic nitrogens is 1. The average molecular weight is 407 g/mol. The lowest BCUT2D eigenvalue weighted by Gasteiger charge is -2.30. The second kappa shape index (κ2) is 8.30. The van der Waals surface area contributed by atoms with Crippen LogP contribution < -0.4 is 10.1 Å². The molecule has 1 N–H and O–H groups in total. The van der Waals surface area contributed by atoms with Gasteiger partial charge >= 0.3 is 0 Å². The number of carbonyl (C=O) groups excluding carboxylic acids is 1. The third-order valence-electron chi connectivity index (χ3n) is 5.76. The number of ether oxygens (including phenoxy) is 1. The van der Waals surface area contributed by atoms with E-state index in [0.717, 1.165) is 31.3 Å². The molecule has 1 aromatic heterocycles. The van der Waals surface area contributed by atoms with E-state index < -0.39 is 0 Å². The monoisotopic (exact) mass is 407 g/mol. The zero-order valence-corrected chi connectivity index (χ0v) is 17.5. The summed E-state index contributed by atoms with van der Waals surface area (Å²) in [6, 6.07) is 12.3. The molecule has 1 aliphatic heterocycles. The molecule has 5 nitrogen and oxygen atoms in total. The van der Waals surface area contributed by atoms with Crippen LogP contribution in [0.15, 0.2) is 42.5 Å². The van der Waals surface area contributed by atoms with Crippen molar-refractivity contribution in [1.29, 1.82) is 0 Å². The van der Waals surface area contributed by atoms with Crippen LogP contribution in [0.3, 0.4) is 0 Å². The molecule has 1 saturated heterocycles. The molecule has 0 unspecified atom stereocenters. The lowest BCUT2D eigenvalue weighted by atomic mass is 9.99. The molecule has 6 heteroatoms. The molecule has 0 radical (unpaired) electrons. The van der Waals surface area contributed by atoms with Crippen molar-refractivity contribution in [2.75, 3.05) is 25.5 Å². The smallest absolute Gasteiger partial charge is 0.272 e. The number of likely N-dealkylation sites (tertiary alicyclic amines) is 1. The summed E-state index contributed by atoms with van der Waals surface area (Å²) in [5, 5.41) is 4.07. The second-order valence-electron chi connectivity index (χ2n) is 8.00. The number of piperidine rings is 1. The fourth-order valence-corrected chi connectivity index (χ4v) is 3.74. The van der Waals surface area contributed by atoms with E-state index in [4.69, 9.17) is 4.74 Å². The number of hydrogen-bond donors (Lipinski definition) is 1. The first kappa shape index (κ1) is 20.1. The van der Waals surface area contributed by atoms with Crippen molar-refractivity contribution in [3.8, 4) is 5.75 Å². The topological polar surface area (TPSA) is 54.5 Å². The highest BCUT2D eigenvalue weighted by molar-refractivity contribution is 6.01.